The van der Waals surface area contributed by atoms with E-state index in [1.165, 1.54) is 16.7 Å². The Morgan fingerprint density at radius 3 is 0.699 bits per heavy atom. The third-order valence-corrected chi connectivity index (χ3v) is 25.8. The molecular weight excluding hydrogens is 1850 g/mol. The zero-order valence-electron chi connectivity index (χ0n) is 87.8. The van der Waals surface area contributed by atoms with Gasteiger partial charge in [-0.1, -0.05) is 103 Å². The Morgan fingerprint density at radius 2 is 0.462 bits per heavy atom. The highest BCUT2D eigenvalue weighted by Crippen LogP contribution is 2.28. The van der Waals surface area contributed by atoms with Gasteiger partial charge < -0.3 is 152 Å². The molecule has 0 saturated carbocycles. The molecule has 19 atom stereocenters. The molecule has 2 aliphatic heterocycles. The molecule has 36 N–H and O–H groups in total. The van der Waals surface area contributed by atoms with Crippen LogP contribution in [0, 0.1) is 41.4 Å². The van der Waals surface area contributed by atoms with Crippen LogP contribution in [0.2, 0.25) is 0 Å². The Labute approximate surface area is 846 Å². The first-order chi connectivity index (χ1) is 67.6. The lowest BCUT2D eigenvalue weighted by Crippen LogP contribution is -2.62. The summed E-state index contributed by atoms with van der Waals surface area (Å²) in [5.41, 5.74) is 58.3. The fourth-order valence-corrected chi connectivity index (χ4v) is 16.9. The monoisotopic (exact) mass is 2030 g/mol. The van der Waals surface area contributed by atoms with Gasteiger partial charge in [-0.05, 0) is 274 Å². The van der Waals surface area contributed by atoms with Crippen LogP contribution in [0.25, 0.3) is 0 Å². The lowest BCUT2D eigenvalue weighted by Gasteiger charge is -2.35. The second kappa shape index (κ2) is 69.2. The number of likely N-dealkylation sites (tertiary alicyclic amines) is 2. The fraction of sp³-hybridized carbons (Fsp3) is 0.814. The summed E-state index contributed by atoms with van der Waals surface area (Å²) in [6.45, 7) is 26.9. The van der Waals surface area contributed by atoms with E-state index in [0.29, 0.717) is 129 Å². The topological polar surface area (TPSA) is 775 Å². The molecule has 2 saturated heterocycles. The van der Waals surface area contributed by atoms with Crippen LogP contribution in [0.1, 0.15) is 284 Å². The van der Waals surface area contributed by atoms with Crippen LogP contribution in [0.5, 0.6) is 0 Å². The number of hydrogen-bond donors (Lipinski definition) is 26. The van der Waals surface area contributed by atoms with Crippen molar-refractivity contribution >= 4 is 106 Å². The summed E-state index contributed by atoms with van der Waals surface area (Å²) in [5.74, 6) is -17.7. The van der Waals surface area contributed by atoms with E-state index in [4.69, 9.17) is 57.3 Å². The molecule has 46 nitrogen and oxygen atoms in total. The number of nitrogens with two attached hydrogens (primary N) is 10. The Kier molecular flexibility index (Phi) is 62.5. The first-order valence-corrected chi connectivity index (χ1v) is 52.1. The van der Waals surface area contributed by atoms with Gasteiger partial charge in [-0.15, -0.1) is 0 Å². The smallest absolute Gasteiger partial charge is 0.246 e. The molecule has 0 aliphatic carbocycles. The van der Waals surface area contributed by atoms with E-state index in [1.54, 1.807) is 96.9 Å². The van der Waals surface area contributed by atoms with Crippen molar-refractivity contribution in [2.75, 3.05) is 65.4 Å². The van der Waals surface area contributed by atoms with Gasteiger partial charge in [0.15, 0.2) is 0 Å². The minimum atomic E-state index is -1.75. The first-order valence-electron chi connectivity index (χ1n) is 52.1. The van der Waals surface area contributed by atoms with Gasteiger partial charge in [0.05, 0.1) is 12.1 Å². The molecule has 18 amide bonds. The second-order valence-electron chi connectivity index (χ2n) is 40.4. The standard InChI is InChI=1S/C97H183N27O19/c1-54(2)72(115-81(127)62(106)34-16-24-44-98)90(136)109-64(36-18-26-46-100)83(129)117-74(56(5)6)92(138)111-67(39-21-29-49-103)85(131)119-77(59(11)12)94(140)113-69(41-23-31-51-105)87(133)121-78(60(13)14)97(143)124-53-33-43-71(124)96(142)123-52-32-42-70(123)88(134)122-79(61(15)125)95(141)114-68(40-22-30-50-104)86(132)120-76(58(9)10)93(139)112-66(38-20-28-48-102)84(130)118-75(57(7)8)91(137)110-65(37-19-27-47-101)82(128)116-73(55(3)4)89(135)108-63(80(107)126)35-17-25-45-99/h54-79,125H,16-53,98-106H2,1-15H3,(H2,107,126)(H,108,135)(H,109,136)(H,110,137)(H,111,138)(H,112,139)(H,113,140)(H,114,141)(H,115,127)(H,116,128)(H,117,129)(H,118,130)(H,119,131)(H,120,132)(H,121,133)(H,122,134)/t61-,62+,63+,64+,65+,66+,67+,68+,69+,70+,71-,72+,73+,74+,75+,76+,77+,78+,79+/m0/s1. The number of carbonyl (C=O) groups excluding carboxylic acids is 18. The van der Waals surface area contributed by atoms with E-state index in [9.17, 15) is 81.8 Å². The molecule has 820 valence electrons. The van der Waals surface area contributed by atoms with Crippen molar-refractivity contribution in [1.82, 2.24) is 89.6 Å². The normalized spacial score (nSPS) is 17.3. The van der Waals surface area contributed by atoms with Crippen molar-refractivity contribution in [1.29, 1.82) is 0 Å². The van der Waals surface area contributed by atoms with Crippen molar-refractivity contribution in [3.63, 3.8) is 0 Å². The predicted molar refractivity (Wildman–Crippen MR) is 544 cm³/mol. The van der Waals surface area contributed by atoms with E-state index in [-0.39, 0.29) is 117 Å². The molecule has 2 fully saturated rings. The maximum atomic E-state index is 15.1. The number of unbranched alkanes of at least 4 members (excludes halogenated alkanes) is 8. The fourth-order valence-electron chi connectivity index (χ4n) is 16.9. The molecule has 2 rings (SSSR count). The van der Waals surface area contributed by atoms with Gasteiger partial charge in [-0.25, -0.2) is 0 Å². The van der Waals surface area contributed by atoms with Gasteiger partial charge in [0.25, 0.3) is 0 Å². The molecule has 0 aromatic carbocycles. The highest BCUT2D eigenvalue weighted by atomic mass is 16.3. The van der Waals surface area contributed by atoms with E-state index in [1.807, 2.05) is 0 Å². The molecule has 0 aromatic heterocycles. The van der Waals surface area contributed by atoms with E-state index >= 15 is 9.59 Å². The molecule has 46 heteroatoms. The molecule has 0 spiro atoms. The molecule has 0 bridgehead atoms. The summed E-state index contributed by atoms with van der Waals surface area (Å²) in [6, 6.07) is -22.8. The number of hydrogen-bond acceptors (Lipinski definition) is 28. The maximum absolute atomic E-state index is 15.1. The molecule has 0 unspecified atom stereocenters. The summed E-state index contributed by atoms with van der Waals surface area (Å²) in [5, 5.41) is 52.4. The number of nitrogens with one attached hydrogen (secondary N) is 15. The Bertz CT molecular complexity index is 3980. The number of aliphatic hydroxyl groups excluding tert-OH is 1. The van der Waals surface area contributed by atoms with E-state index < -0.39 is 263 Å². The van der Waals surface area contributed by atoms with Crippen LogP contribution in [-0.2, 0) is 86.3 Å². The van der Waals surface area contributed by atoms with E-state index in [0.717, 1.165) is 0 Å². The van der Waals surface area contributed by atoms with Gasteiger partial charge in [0.2, 0.25) is 106 Å². The highest BCUT2D eigenvalue weighted by molar-refractivity contribution is 6.02. The highest BCUT2D eigenvalue weighted by Gasteiger charge is 2.47. The third-order valence-electron chi connectivity index (χ3n) is 25.8. The largest absolute Gasteiger partial charge is 0.391 e. The second-order valence-corrected chi connectivity index (χ2v) is 40.4. The number of amides is 18. The quantitative estimate of drug-likeness (QED) is 0.0259. The van der Waals surface area contributed by atoms with E-state index in [2.05, 4.69) is 79.8 Å². The lowest BCUT2D eigenvalue weighted by atomic mass is 9.98. The van der Waals surface area contributed by atoms with Crippen LogP contribution in [0.4, 0.5) is 0 Å². The lowest BCUT2D eigenvalue weighted by molar-refractivity contribution is -0.149. The Morgan fingerprint density at radius 1 is 0.252 bits per heavy atom. The predicted octanol–water partition coefficient (Wildman–Crippen LogP) is -3.94. The minimum Gasteiger partial charge on any atom is -0.391 e. The third kappa shape index (κ3) is 45.3. The van der Waals surface area contributed by atoms with Gasteiger partial charge in [0.1, 0.15) is 103 Å². The summed E-state index contributed by atoms with van der Waals surface area (Å²) in [7, 11) is 0. The Hall–Kier alpha value is -9.94. The van der Waals surface area contributed by atoms with Gasteiger partial charge in [-0.2, -0.15) is 0 Å². The number of rotatable bonds is 73. The summed E-state index contributed by atoms with van der Waals surface area (Å²) in [4.78, 5) is 261. The number of carbonyl (C=O) groups is 18. The van der Waals surface area contributed by atoms with Gasteiger partial charge >= 0.3 is 0 Å². The summed E-state index contributed by atoms with van der Waals surface area (Å²) in [6.07, 6.45) is 6.95. The molecule has 2 heterocycles. The summed E-state index contributed by atoms with van der Waals surface area (Å²) < 4.78 is 0. The van der Waals surface area contributed by atoms with Crippen LogP contribution >= 0.6 is 0 Å². The molecule has 0 radical (unpaired) electrons. The molecule has 143 heavy (non-hydrogen) atoms. The van der Waals surface area contributed by atoms with Crippen molar-refractivity contribution < 1.29 is 91.4 Å². The average Bonchev–Trinajstić information content (AvgIpc) is 1.64. The average molecular weight is 2030 g/mol. The maximum Gasteiger partial charge on any atom is 0.246 e. The minimum absolute atomic E-state index is 0.00750. The number of primary amides is 1. The Balaban J connectivity index is 2.46. The SMILES string of the molecule is CC(C)[C@@H](NC(=O)[C@H](N)CCCCN)C(=O)N[C@H](CCCCN)C(=O)N[C@@H](C(=O)N[C@H](CCCCN)C(=O)N[C@@H](C(=O)N[C@H](CCCCN)C(=O)N[C@@H](C(=O)N1CCC[C@H]1C(=O)N1CCC[C@@H]1C(=O)N[C@@H](C(=O)N[C@H](CCCCN)C(=O)N[C@@H](C(=O)N[C@H](CCCCN)C(=O)N[C@@H](C(=O)N[C@H](CCCCN)C(=O)N[C@@H](C(=O)N[C@H](CCCCN)C(N)=O)C(C)C)C(C)C)C(C)C)[C@H](C)O)C(C)C)C(C)C)C(C)C. The van der Waals surface area contributed by atoms with Gasteiger partial charge in [-0.3, -0.25) is 86.3 Å². The van der Waals surface area contributed by atoms with Crippen molar-refractivity contribution in [3.05, 3.63) is 0 Å². The van der Waals surface area contributed by atoms with Gasteiger partial charge in [0, 0.05) is 13.1 Å². The van der Waals surface area contributed by atoms with Crippen LogP contribution in [-0.4, -0.2) is 302 Å². The van der Waals surface area contributed by atoms with Crippen LogP contribution in [0.15, 0.2) is 0 Å². The molecule has 2 aliphatic rings. The molecular formula is C97H183N27O19. The van der Waals surface area contributed by atoms with Crippen molar-refractivity contribution in [2.24, 2.45) is 98.8 Å². The van der Waals surface area contributed by atoms with Crippen LogP contribution < -0.4 is 137 Å². The van der Waals surface area contributed by atoms with Crippen LogP contribution in [0.3, 0.4) is 0 Å². The number of nitrogens with zero attached hydrogens (tertiary/aromatic N) is 2. The number of aliphatic hydroxyl groups is 1. The summed E-state index contributed by atoms with van der Waals surface area (Å²) >= 11 is 0. The first kappa shape index (κ1) is 129. The van der Waals surface area contributed by atoms with Crippen molar-refractivity contribution in [3.8, 4) is 0 Å². The zero-order valence-corrected chi connectivity index (χ0v) is 87.8. The zero-order chi connectivity index (χ0) is 108. The molecule has 0 aromatic rings. The van der Waals surface area contributed by atoms with Crippen molar-refractivity contribution in [2.45, 2.75) is 398 Å².